The number of aryl methyl sites for hydroxylation is 1. The molecule has 2 rings (SSSR count). The minimum absolute atomic E-state index is 0.0348. The first-order valence-corrected chi connectivity index (χ1v) is 7.43. The van der Waals surface area contributed by atoms with E-state index in [1.165, 1.54) is 11.1 Å². The predicted octanol–water partition coefficient (Wildman–Crippen LogP) is 4.21. The number of rotatable bonds is 6. The Morgan fingerprint density at radius 3 is 2.14 bits per heavy atom. The first-order chi connectivity index (χ1) is 10.2. The van der Waals surface area contributed by atoms with Gasteiger partial charge in [-0.15, -0.1) is 0 Å². The summed E-state index contributed by atoms with van der Waals surface area (Å²) in [6.45, 7) is 4.82. The average Bonchev–Trinajstić information content (AvgIpc) is 2.54. The predicted molar refractivity (Wildman–Crippen MR) is 88.5 cm³/mol. The van der Waals surface area contributed by atoms with E-state index in [-0.39, 0.29) is 5.91 Å². The largest absolute Gasteiger partial charge is 0.381 e. The summed E-state index contributed by atoms with van der Waals surface area (Å²) in [5, 5.41) is 6.26. The third kappa shape index (κ3) is 4.35. The average molecular weight is 282 g/mol. The van der Waals surface area contributed by atoms with Crippen molar-refractivity contribution < 1.29 is 4.79 Å². The van der Waals surface area contributed by atoms with Gasteiger partial charge in [-0.1, -0.05) is 38.1 Å². The van der Waals surface area contributed by atoms with Crippen molar-refractivity contribution in [1.82, 2.24) is 0 Å². The van der Waals surface area contributed by atoms with E-state index in [9.17, 15) is 4.79 Å². The van der Waals surface area contributed by atoms with E-state index < -0.39 is 0 Å². The summed E-state index contributed by atoms with van der Waals surface area (Å²) in [6.07, 6.45) is 1.54. The van der Waals surface area contributed by atoms with Gasteiger partial charge >= 0.3 is 0 Å². The first kappa shape index (κ1) is 15.1. The van der Waals surface area contributed by atoms with Gasteiger partial charge in [0.15, 0.2) is 0 Å². The van der Waals surface area contributed by atoms with E-state index in [0.717, 1.165) is 24.3 Å². The molecular formula is C18H22N2O. The van der Waals surface area contributed by atoms with Crippen LogP contribution >= 0.6 is 0 Å². The highest BCUT2D eigenvalue weighted by Crippen LogP contribution is 2.16. The van der Waals surface area contributed by atoms with Crippen LogP contribution in [0.25, 0.3) is 0 Å². The summed E-state index contributed by atoms with van der Waals surface area (Å²) in [4.78, 5) is 11.3. The van der Waals surface area contributed by atoms with E-state index in [1.807, 2.05) is 31.2 Å². The number of hydrogen-bond donors (Lipinski definition) is 2. The highest BCUT2D eigenvalue weighted by Gasteiger charge is 2.01. The zero-order valence-electron chi connectivity index (χ0n) is 12.6. The molecule has 3 heteroatoms. The van der Waals surface area contributed by atoms with E-state index in [1.54, 1.807) is 0 Å². The van der Waals surface area contributed by atoms with Gasteiger partial charge in [0.2, 0.25) is 5.91 Å². The van der Waals surface area contributed by atoms with Crippen molar-refractivity contribution in [2.45, 2.75) is 33.2 Å². The molecule has 0 aromatic heterocycles. The molecule has 2 aromatic rings. The molecule has 0 aliphatic carbocycles. The van der Waals surface area contributed by atoms with Crippen LogP contribution in [-0.2, 0) is 17.8 Å². The minimum atomic E-state index is 0.0348. The van der Waals surface area contributed by atoms with Crippen LogP contribution in [0.5, 0.6) is 0 Å². The van der Waals surface area contributed by atoms with Gasteiger partial charge in [-0.3, -0.25) is 4.79 Å². The normalized spacial score (nSPS) is 10.2. The van der Waals surface area contributed by atoms with Crippen LogP contribution in [0.15, 0.2) is 48.5 Å². The summed E-state index contributed by atoms with van der Waals surface area (Å²) in [5.74, 6) is 0.0348. The lowest BCUT2D eigenvalue weighted by molar-refractivity contribution is -0.115. The van der Waals surface area contributed by atoms with Crippen molar-refractivity contribution in [3.63, 3.8) is 0 Å². The molecule has 3 nitrogen and oxygen atoms in total. The van der Waals surface area contributed by atoms with Crippen LogP contribution in [0.4, 0.5) is 11.4 Å². The lowest BCUT2D eigenvalue weighted by Gasteiger charge is -2.11. The lowest BCUT2D eigenvalue weighted by Crippen LogP contribution is -2.09. The van der Waals surface area contributed by atoms with Gasteiger partial charge in [-0.2, -0.15) is 0 Å². The van der Waals surface area contributed by atoms with Crippen molar-refractivity contribution >= 4 is 17.3 Å². The Bertz CT molecular complexity index is 590. The van der Waals surface area contributed by atoms with Crippen molar-refractivity contribution in [2.24, 2.45) is 0 Å². The topological polar surface area (TPSA) is 41.1 Å². The Morgan fingerprint density at radius 2 is 1.52 bits per heavy atom. The van der Waals surface area contributed by atoms with Gasteiger partial charge in [-0.25, -0.2) is 0 Å². The maximum atomic E-state index is 11.3. The van der Waals surface area contributed by atoms with Crippen LogP contribution < -0.4 is 10.6 Å². The van der Waals surface area contributed by atoms with E-state index in [0.29, 0.717) is 6.42 Å². The molecule has 0 bridgehead atoms. The highest BCUT2D eigenvalue weighted by molar-refractivity contribution is 5.90. The quantitative estimate of drug-likeness (QED) is 0.833. The number of benzene rings is 2. The minimum Gasteiger partial charge on any atom is -0.381 e. The molecule has 0 saturated heterocycles. The van der Waals surface area contributed by atoms with E-state index >= 15 is 0 Å². The van der Waals surface area contributed by atoms with E-state index in [4.69, 9.17) is 0 Å². The standard InChI is InChI=1S/C18H22N2O/c1-3-14-7-5-6-8-15(14)13-19-16-9-11-17(12-10-16)20-18(21)4-2/h5-12,19H,3-4,13H2,1-2H3,(H,20,21). The van der Waals surface area contributed by atoms with Crippen LogP contribution in [0.2, 0.25) is 0 Å². The molecule has 0 heterocycles. The van der Waals surface area contributed by atoms with Crippen LogP contribution in [0, 0.1) is 0 Å². The van der Waals surface area contributed by atoms with Crippen LogP contribution in [0.3, 0.4) is 0 Å². The fourth-order valence-corrected chi connectivity index (χ4v) is 2.19. The highest BCUT2D eigenvalue weighted by atomic mass is 16.1. The second-order valence-electron chi connectivity index (χ2n) is 4.95. The summed E-state index contributed by atoms with van der Waals surface area (Å²) >= 11 is 0. The third-order valence-corrected chi connectivity index (χ3v) is 3.47. The maximum Gasteiger partial charge on any atom is 0.224 e. The van der Waals surface area contributed by atoms with Crippen molar-refractivity contribution in [3.8, 4) is 0 Å². The number of hydrogen-bond acceptors (Lipinski definition) is 2. The molecule has 0 unspecified atom stereocenters. The van der Waals surface area contributed by atoms with Gasteiger partial charge in [0.05, 0.1) is 0 Å². The molecule has 21 heavy (non-hydrogen) atoms. The molecule has 0 aliphatic heterocycles. The number of amides is 1. The second-order valence-corrected chi connectivity index (χ2v) is 4.95. The molecule has 0 atom stereocenters. The lowest BCUT2D eigenvalue weighted by atomic mass is 10.1. The number of carbonyl (C=O) groups excluding carboxylic acids is 1. The molecule has 0 radical (unpaired) electrons. The Kier molecular flexibility index (Phi) is 5.38. The zero-order valence-corrected chi connectivity index (χ0v) is 12.6. The van der Waals surface area contributed by atoms with Gasteiger partial charge in [0.25, 0.3) is 0 Å². The molecular weight excluding hydrogens is 260 g/mol. The smallest absolute Gasteiger partial charge is 0.224 e. The SMILES string of the molecule is CCC(=O)Nc1ccc(NCc2ccccc2CC)cc1. The van der Waals surface area contributed by atoms with Crippen molar-refractivity contribution in [2.75, 3.05) is 10.6 Å². The maximum absolute atomic E-state index is 11.3. The Morgan fingerprint density at radius 1 is 0.905 bits per heavy atom. The van der Waals surface area contributed by atoms with Gasteiger partial charge in [0.1, 0.15) is 0 Å². The van der Waals surface area contributed by atoms with Crippen LogP contribution in [-0.4, -0.2) is 5.91 Å². The molecule has 2 N–H and O–H groups in total. The summed E-state index contributed by atoms with van der Waals surface area (Å²) in [5.41, 5.74) is 4.58. The Hall–Kier alpha value is -2.29. The molecule has 0 saturated carbocycles. The summed E-state index contributed by atoms with van der Waals surface area (Å²) < 4.78 is 0. The summed E-state index contributed by atoms with van der Waals surface area (Å²) in [6, 6.07) is 16.3. The Labute approximate surface area is 126 Å². The third-order valence-electron chi connectivity index (χ3n) is 3.47. The van der Waals surface area contributed by atoms with Gasteiger partial charge in [-0.05, 0) is 41.8 Å². The zero-order chi connectivity index (χ0) is 15.1. The van der Waals surface area contributed by atoms with Crippen molar-refractivity contribution in [3.05, 3.63) is 59.7 Å². The van der Waals surface area contributed by atoms with Crippen LogP contribution in [0.1, 0.15) is 31.4 Å². The molecule has 0 spiro atoms. The number of nitrogens with one attached hydrogen (secondary N) is 2. The monoisotopic (exact) mass is 282 g/mol. The van der Waals surface area contributed by atoms with Gasteiger partial charge in [0, 0.05) is 24.3 Å². The number of carbonyl (C=O) groups is 1. The number of anilines is 2. The second kappa shape index (κ2) is 7.48. The Balaban J connectivity index is 1.96. The fourth-order valence-electron chi connectivity index (χ4n) is 2.19. The molecule has 0 fully saturated rings. The van der Waals surface area contributed by atoms with Gasteiger partial charge < -0.3 is 10.6 Å². The molecule has 0 aliphatic rings. The fraction of sp³-hybridized carbons (Fsp3) is 0.278. The molecule has 1 amide bonds. The molecule has 110 valence electrons. The van der Waals surface area contributed by atoms with Crippen molar-refractivity contribution in [1.29, 1.82) is 0 Å². The first-order valence-electron chi connectivity index (χ1n) is 7.43. The molecule has 2 aromatic carbocycles. The van der Waals surface area contributed by atoms with E-state index in [2.05, 4.69) is 41.8 Å². The summed E-state index contributed by atoms with van der Waals surface area (Å²) in [7, 11) is 0.